The molecule has 9 heteroatoms. The van der Waals surface area contributed by atoms with E-state index in [9.17, 15) is 13.6 Å². The Morgan fingerprint density at radius 1 is 1.26 bits per heavy atom. The minimum Gasteiger partial charge on any atom is -0.453 e. The van der Waals surface area contributed by atoms with Gasteiger partial charge in [0.15, 0.2) is 10.9 Å². The van der Waals surface area contributed by atoms with Crippen LogP contribution in [0.2, 0.25) is 0 Å². The smallest absolute Gasteiger partial charge is 0.387 e. The Hall–Kier alpha value is -2.78. The fraction of sp³-hybridized carbons (Fsp3) is 0.222. The van der Waals surface area contributed by atoms with Gasteiger partial charge >= 0.3 is 6.61 Å². The van der Waals surface area contributed by atoms with Crippen LogP contribution in [0.3, 0.4) is 0 Å². The maximum Gasteiger partial charge on any atom is 0.387 e. The molecule has 0 saturated heterocycles. The molecular formula is C18H16F2N2O4S. The van der Waals surface area contributed by atoms with Crippen LogP contribution in [0.5, 0.6) is 5.75 Å². The first-order valence-electron chi connectivity index (χ1n) is 7.88. The van der Waals surface area contributed by atoms with Gasteiger partial charge in [0.25, 0.3) is 5.91 Å². The maximum absolute atomic E-state index is 12.3. The van der Waals surface area contributed by atoms with Crippen LogP contribution in [-0.4, -0.2) is 24.6 Å². The van der Waals surface area contributed by atoms with Gasteiger partial charge < -0.3 is 13.9 Å². The number of furan rings is 1. The highest BCUT2D eigenvalue weighted by atomic mass is 32.1. The van der Waals surface area contributed by atoms with Crippen molar-refractivity contribution in [2.75, 3.05) is 12.4 Å². The van der Waals surface area contributed by atoms with E-state index in [1.54, 1.807) is 24.3 Å². The summed E-state index contributed by atoms with van der Waals surface area (Å²) in [6.45, 7) is -0.737. The summed E-state index contributed by atoms with van der Waals surface area (Å²) in [7, 11) is 1.54. The zero-order chi connectivity index (χ0) is 19.4. The van der Waals surface area contributed by atoms with E-state index in [0.29, 0.717) is 16.6 Å². The van der Waals surface area contributed by atoms with Gasteiger partial charge in [-0.3, -0.25) is 10.1 Å². The number of aryl methyl sites for hydroxylation is 1. The summed E-state index contributed by atoms with van der Waals surface area (Å²) in [4.78, 5) is 17.5. The fourth-order valence-electron chi connectivity index (χ4n) is 2.39. The molecule has 142 valence electrons. The summed E-state index contributed by atoms with van der Waals surface area (Å²) in [5, 5.41) is 3.10. The number of ether oxygens (including phenoxy) is 2. The second-order valence-electron chi connectivity index (χ2n) is 5.48. The first kappa shape index (κ1) is 19.0. The Morgan fingerprint density at radius 2 is 2.00 bits per heavy atom. The standard InChI is InChI=1S/C18H16F2N2O4S/c1-10-15(11-3-5-12(6-4-11)26-17(19)20)21-18(27-10)22-16(23)14-8-7-13(25-14)9-24-2/h3-8,17H,9H2,1-2H3,(H,21,22,23). The summed E-state index contributed by atoms with van der Waals surface area (Å²) >= 11 is 1.30. The van der Waals surface area contributed by atoms with Gasteiger partial charge in [0.2, 0.25) is 0 Å². The molecule has 27 heavy (non-hydrogen) atoms. The summed E-state index contributed by atoms with van der Waals surface area (Å²) in [6, 6.07) is 9.38. The van der Waals surface area contributed by atoms with Crippen molar-refractivity contribution in [3.05, 3.63) is 52.8 Å². The molecule has 3 rings (SSSR count). The predicted octanol–water partition coefficient (Wildman–Crippen LogP) is 4.71. The number of hydrogen-bond donors (Lipinski definition) is 1. The first-order valence-corrected chi connectivity index (χ1v) is 8.69. The zero-order valence-corrected chi connectivity index (χ0v) is 15.3. The van der Waals surface area contributed by atoms with Crippen molar-refractivity contribution in [2.45, 2.75) is 20.1 Å². The van der Waals surface area contributed by atoms with Gasteiger partial charge in [0.05, 0.1) is 5.69 Å². The topological polar surface area (TPSA) is 73.6 Å². The number of carbonyl (C=O) groups is 1. The van der Waals surface area contributed by atoms with Gasteiger partial charge in [-0.25, -0.2) is 4.98 Å². The molecule has 1 N–H and O–H groups in total. The Morgan fingerprint density at radius 3 is 2.67 bits per heavy atom. The van der Waals surface area contributed by atoms with Gasteiger partial charge in [0, 0.05) is 17.6 Å². The normalized spacial score (nSPS) is 11.0. The van der Waals surface area contributed by atoms with Crippen LogP contribution in [-0.2, 0) is 11.3 Å². The number of benzene rings is 1. The van der Waals surface area contributed by atoms with Crippen LogP contribution in [0.15, 0.2) is 40.8 Å². The number of rotatable bonds is 7. The molecule has 0 unspecified atom stereocenters. The number of nitrogens with one attached hydrogen (secondary N) is 1. The van der Waals surface area contributed by atoms with E-state index < -0.39 is 12.5 Å². The van der Waals surface area contributed by atoms with Crippen molar-refractivity contribution in [3.63, 3.8) is 0 Å². The third-order valence-electron chi connectivity index (χ3n) is 3.54. The zero-order valence-electron chi connectivity index (χ0n) is 14.5. The van der Waals surface area contributed by atoms with Crippen molar-refractivity contribution in [3.8, 4) is 17.0 Å². The Balaban J connectivity index is 1.72. The number of methoxy groups -OCH3 is 1. The third-order valence-corrected chi connectivity index (χ3v) is 4.43. The molecule has 2 heterocycles. The van der Waals surface area contributed by atoms with Gasteiger partial charge in [-0.1, -0.05) is 0 Å². The number of anilines is 1. The van der Waals surface area contributed by atoms with Crippen molar-refractivity contribution in [1.82, 2.24) is 4.98 Å². The van der Waals surface area contributed by atoms with Gasteiger partial charge in [-0.2, -0.15) is 8.78 Å². The highest BCUT2D eigenvalue weighted by molar-refractivity contribution is 7.16. The molecule has 0 aliphatic carbocycles. The second-order valence-corrected chi connectivity index (χ2v) is 6.68. The van der Waals surface area contributed by atoms with Crippen LogP contribution in [0.1, 0.15) is 21.2 Å². The molecule has 0 aliphatic heterocycles. The van der Waals surface area contributed by atoms with E-state index in [-0.39, 0.29) is 18.1 Å². The predicted molar refractivity (Wildman–Crippen MR) is 96.3 cm³/mol. The van der Waals surface area contributed by atoms with Gasteiger partial charge in [0.1, 0.15) is 18.1 Å². The molecule has 0 atom stereocenters. The number of amides is 1. The highest BCUT2D eigenvalue weighted by Crippen LogP contribution is 2.31. The number of nitrogens with zero attached hydrogens (tertiary/aromatic N) is 1. The Labute approximate surface area is 157 Å². The molecular weight excluding hydrogens is 378 g/mol. The number of hydrogen-bond acceptors (Lipinski definition) is 6. The molecule has 1 amide bonds. The second kappa shape index (κ2) is 8.28. The number of alkyl halides is 2. The van der Waals surface area contributed by atoms with Crippen LogP contribution >= 0.6 is 11.3 Å². The Bertz CT molecular complexity index is 922. The van der Waals surface area contributed by atoms with Crippen LogP contribution in [0.25, 0.3) is 11.3 Å². The molecule has 0 bridgehead atoms. The highest BCUT2D eigenvalue weighted by Gasteiger charge is 2.16. The van der Waals surface area contributed by atoms with E-state index in [2.05, 4.69) is 15.0 Å². The quantitative estimate of drug-likeness (QED) is 0.628. The van der Waals surface area contributed by atoms with E-state index in [1.807, 2.05) is 6.92 Å². The Kier molecular flexibility index (Phi) is 5.82. The SMILES string of the molecule is COCc1ccc(C(=O)Nc2nc(-c3ccc(OC(F)F)cc3)c(C)s2)o1. The molecule has 2 aromatic heterocycles. The molecule has 0 spiro atoms. The van der Waals surface area contributed by atoms with Gasteiger partial charge in [-0.15, -0.1) is 11.3 Å². The van der Waals surface area contributed by atoms with E-state index in [0.717, 1.165) is 10.4 Å². The van der Waals surface area contributed by atoms with Crippen molar-refractivity contribution in [1.29, 1.82) is 0 Å². The molecule has 3 aromatic rings. The third kappa shape index (κ3) is 4.69. The number of thiazole rings is 1. The summed E-state index contributed by atoms with van der Waals surface area (Å²) in [6.07, 6.45) is 0. The summed E-state index contributed by atoms with van der Waals surface area (Å²) in [5.74, 6) is 0.355. The summed E-state index contributed by atoms with van der Waals surface area (Å²) in [5.41, 5.74) is 1.38. The molecule has 0 radical (unpaired) electrons. The van der Waals surface area contributed by atoms with Crippen molar-refractivity contribution < 1.29 is 27.5 Å². The molecule has 6 nitrogen and oxygen atoms in total. The minimum atomic E-state index is -2.87. The molecule has 1 aromatic carbocycles. The molecule has 0 fully saturated rings. The largest absolute Gasteiger partial charge is 0.453 e. The van der Waals surface area contributed by atoms with Crippen molar-refractivity contribution in [2.24, 2.45) is 0 Å². The summed E-state index contributed by atoms with van der Waals surface area (Å²) < 4.78 is 39.1. The lowest BCUT2D eigenvalue weighted by Gasteiger charge is -2.05. The number of halogens is 2. The average molecular weight is 394 g/mol. The monoisotopic (exact) mass is 394 g/mol. The number of carbonyl (C=O) groups excluding carboxylic acids is 1. The number of aromatic nitrogens is 1. The van der Waals surface area contributed by atoms with E-state index in [1.165, 1.54) is 30.6 Å². The fourth-order valence-corrected chi connectivity index (χ4v) is 3.22. The van der Waals surface area contributed by atoms with Crippen LogP contribution < -0.4 is 10.1 Å². The molecule has 0 aliphatic rings. The van der Waals surface area contributed by atoms with E-state index in [4.69, 9.17) is 9.15 Å². The lowest BCUT2D eigenvalue weighted by Crippen LogP contribution is -2.10. The van der Waals surface area contributed by atoms with E-state index >= 15 is 0 Å². The lowest BCUT2D eigenvalue weighted by atomic mass is 10.1. The van der Waals surface area contributed by atoms with Crippen LogP contribution in [0, 0.1) is 6.92 Å². The molecule has 0 saturated carbocycles. The minimum absolute atomic E-state index is 0.0693. The lowest BCUT2D eigenvalue weighted by molar-refractivity contribution is -0.0498. The average Bonchev–Trinajstić information content (AvgIpc) is 3.22. The maximum atomic E-state index is 12.3. The van der Waals surface area contributed by atoms with Crippen LogP contribution in [0.4, 0.5) is 13.9 Å². The van der Waals surface area contributed by atoms with Gasteiger partial charge in [-0.05, 0) is 43.3 Å². The van der Waals surface area contributed by atoms with Crippen molar-refractivity contribution >= 4 is 22.4 Å². The first-order chi connectivity index (χ1) is 13.0.